The van der Waals surface area contributed by atoms with Crippen molar-refractivity contribution in [1.82, 2.24) is 5.32 Å². The lowest BCUT2D eigenvalue weighted by molar-refractivity contribution is 0.0961. The number of nitrogens with two attached hydrogens (primary N) is 1. The zero-order valence-corrected chi connectivity index (χ0v) is 12.9. The molecule has 3 N–H and O–H groups in total. The fourth-order valence-electron chi connectivity index (χ4n) is 1.82. The summed E-state index contributed by atoms with van der Waals surface area (Å²) in [5, 5.41) is 3.44. The second kappa shape index (κ2) is 5.41. The van der Waals surface area contributed by atoms with E-state index in [0.717, 1.165) is 21.9 Å². The molecule has 5 nitrogen and oxygen atoms in total. The average molecular weight is 312 g/mol. The summed E-state index contributed by atoms with van der Waals surface area (Å²) in [6.45, 7) is 2.06. The van der Waals surface area contributed by atoms with Gasteiger partial charge >= 0.3 is 0 Å². The molecule has 2 aromatic rings. The maximum atomic E-state index is 12.0. The Morgan fingerprint density at radius 1 is 1.40 bits per heavy atom. The molecule has 0 radical (unpaired) electrons. The van der Waals surface area contributed by atoms with Crippen molar-refractivity contribution in [2.24, 2.45) is 0 Å². The second-order valence-electron chi connectivity index (χ2n) is 4.73. The van der Waals surface area contributed by atoms with Gasteiger partial charge in [0.25, 0.3) is 5.91 Å². The highest BCUT2D eigenvalue weighted by Crippen LogP contribution is 2.33. The van der Waals surface area contributed by atoms with Crippen molar-refractivity contribution < 1.29 is 13.2 Å². The van der Waals surface area contributed by atoms with Crippen LogP contribution < -0.4 is 11.1 Å². The summed E-state index contributed by atoms with van der Waals surface area (Å²) in [7, 11) is -3.08. The first-order valence-corrected chi connectivity index (χ1v) is 8.90. The van der Waals surface area contributed by atoms with Gasteiger partial charge < -0.3 is 11.1 Å². The van der Waals surface area contributed by atoms with E-state index in [0.29, 0.717) is 10.6 Å². The van der Waals surface area contributed by atoms with Crippen LogP contribution in [0.15, 0.2) is 18.2 Å². The number of amides is 1. The molecule has 1 amide bonds. The molecule has 0 aliphatic heterocycles. The molecule has 0 fully saturated rings. The van der Waals surface area contributed by atoms with Gasteiger partial charge in [-0.05, 0) is 18.6 Å². The van der Waals surface area contributed by atoms with Crippen LogP contribution in [-0.4, -0.2) is 32.9 Å². The number of nitrogens with one attached hydrogen (secondary N) is 1. The van der Waals surface area contributed by atoms with Gasteiger partial charge in [0.15, 0.2) is 0 Å². The van der Waals surface area contributed by atoms with Gasteiger partial charge in [-0.2, -0.15) is 0 Å². The van der Waals surface area contributed by atoms with E-state index in [1.54, 1.807) is 0 Å². The van der Waals surface area contributed by atoms with Gasteiger partial charge in [-0.25, -0.2) is 8.42 Å². The Balaban J connectivity index is 2.20. The number of aryl methyl sites for hydroxylation is 1. The van der Waals surface area contributed by atoms with Crippen molar-refractivity contribution in [3.05, 3.63) is 28.6 Å². The van der Waals surface area contributed by atoms with Crippen molar-refractivity contribution in [3.8, 4) is 0 Å². The lowest BCUT2D eigenvalue weighted by Gasteiger charge is -2.03. The molecule has 7 heteroatoms. The van der Waals surface area contributed by atoms with Crippen LogP contribution in [0, 0.1) is 6.92 Å². The number of benzene rings is 1. The van der Waals surface area contributed by atoms with Crippen LogP contribution >= 0.6 is 11.3 Å². The van der Waals surface area contributed by atoms with Crippen LogP contribution in [0.4, 0.5) is 5.69 Å². The summed E-state index contributed by atoms with van der Waals surface area (Å²) in [5.41, 5.74) is 7.52. The van der Waals surface area contributed by atoms with Crippen molar-refractivity contribution in [3.63, 3.8) is 0 Å². The third-order valence-electron chi connectivity index (χ3n) is 2.85. The fourth-order valence-corrected chi connectivity index (χ4v) is 3.43. The van der Waals surface area contributed by atoms with Crippen LogP contribution in [0.2, 0.25) is 0 Å². The molecule has 1 heterocycles. The topological polar surface area (TPSA) is 89.3 Å². The minimum absolute atomic E-state index is 0.0807. The van der Waals surface area contributed by atoms with Gasteiger partial charge in [0.2, 0.25) is 0 Å². The average Bonchev–Trinajstić information content (AvgIpc) is 2.64. The number of sulfone groups is 1. The Morgan fingerprint density at radius 3 is 2.75 bits per heavy atom. The Kier molecular flexibility index (Phi) is 4.01. The molecule has 20 heavy (non-hydrogen) atoms. The first-order valence-electron chi connectivity index (χ1n) is 6.02. The summed E-state index contributed by atoms with van der Waals surface area (Å²) >= 11 is 1.32. The lowest BCUT2D eigenvalue weighted by Crippen LogP contribution is -2.28. The van der Waals surface area contributed by atoms with E-state index in [4.69, 9.17) is 5.73 Å². The van der Waals surface area contributed by atoms with E-state index in [-0.39, 0.29) is 18.2 Å². The maximum absolute atomic E-state index is 12.0. The molecule has 0 unspecified atom stereocenters. The monoisotopic (exact) mass is 312 g/mol. The van der Waals surface area contributed by atoms with Crippen molar-refractivity contribution in [2.45, 2.75) is 6.92 Å². The second-order valence-corrected chi connectivity index (χ2v) is 8.04. The molecule has 0 saturated carbocycles. The van der Waals surface area contributed by atoms with E-state index in [1.165, 1.54) is 11.3 Å². The zero-order valence-electron chi connectivity index (χ0n) is 11.3. The molecule has 108 valence electrons. The number of thiophene rings is 1. The molecule has 0 aliphatic carbocycles. The van der Waals surface area contributed by atoms with E-state index in [2.05, 4.69) is 5.32 Å². The number of hydrogen-bond donors (Lipinski definition) is 2. The highest BCUT2D eigenvalue weighted by molar-refractivity contribution is 7.90. The number of nitrogen functional groups attached to an aromatic ring is 1. The van der Waals surface area contributed by atoms with Crippen LogP contribution in [0.1, 0.15) is 15.2 Å². The first kappa shape index (κ1) is 14.8. The van der Waals surface area contributed by atoms with Gasteiger partial charge in [0, 0.05) is 22.9 Å². The van der Waals surface area contributed by atoms with Gasteiger partial charge in [-0.15, -0.1) is 11.3 Å². The van der Waals surface area contributed by atoms with Crippen LogP contribution in [0.3, 0.4) is 0 Å². The maximum Gasteiger partial charge on any atom is 0.263 e. The minimum Gasteiger partial charge on any atom is -0.397 e. The first-order chi connectivity index (χ1) is 9.28. The Morgan fingerprint density at radius 2 is 2.10 bits per heavy atom. The molecule has 0 spiro atoms. The SMILES string of the molecule is Cc1ccc2c(N)c(C(=O)NCCS(C)(=O)=O)sc2c1. The molecule has 0 atom stereocenters. The molecule has 1 aromatic heterocycles. The highest BCUT2D eigenvalue weighted by atomic mass is 32.2. The molecule has 0 saturated heterocycles. The van der Waals surface area contributed by atoms with Gasteiger partial charge in [0.1, 0.15) is 14.7 Å². The molecule has 2 rings (SSSR count). The van der Waals surface area contributed by atoms with E-state index < -0.39 is 9.84 Å². The van der Waals surface area contributed by atoms with Gasteiger partial charge in [-0.1, -0.05) is 12.1 Å². The molecular formula is C13H16N2O3S2. The van der Waals surface area contributed by atoms with Crippen molar-refractivity contribution in [2.75, 3.05) is 24.3 Å². The minimum atomic E-state index is -3.08. The van der Waals surface area contributed by atoms with E-state index in [9.17, 15) is 13.2 Å². The molecule has 0 bridgehead atoms. The van der Waals surface area contributed by atoms with Gasteiger partial charge in [-0.3, -0.25) is 4.79 Å². The molecular weight excluding hydrogens is 296 g/mol. The Hall–Kier alpha value is -1.60. The Bertz CT molecular complexity index is 763. The number of carbonyl (C=O) groups is 1. The summed E-state index contributed by atoms with van der Waals surface area (Å²) in [6.07, 6.45) is 1.13. The summed E-state index contributed by atoms with van der Waals surface area (Å²) in [6, 6.07) is 5.81. The predicted octanol–water partition coefficient (Wildman–Crippen LogP) is 1.57. The fraction of sp³-hybridized carbons (Fsp3) is 0.308. The van der Waals surface area contributed by atoms with Crippen LogP contribution in [-0.2, 0) is 9.84 Å². The quantitative estimate of drug-likeness (QED) is 0.896. The summed E-state index contributed by atoms with van der Waals surface area (Å²) < 4.78 is 23.0. The summed E-state index contributed by atoms with van der Waals surface area (Å²) in [4.78, 5) is 12.5. The number of rotatable bonds is 4. The van der Waals surface area contributed by atoms with Crippen molar-refractivity contribution >= 4 is 42.9 Å². The predicted molar refractivity (Wildman–Crippen MR) is 83.0 cm³/mol. The summed E-state index contributed by atoms with van der Waals surface area (Å²) in [5.74, 6) is -0.409. The normalized spacial score (nSPS) is 11.7. The number of hydrogen-bond acceptors (Lipinski definition) is 5. The Labute approximate surface area is 121 Å². The van der Waals surface area contributed by atoms with E-state index in [1.807, 2.05) is 25.1 Å². The molecule has 1 aromatic carbocycles. The third kappa shape index (κ3) is 3.29. The van der Waals surface area contributed by atoms with Gasteiger partial charge in [0.05, 0.1) is 11.4 Å². The number of fused-ring (bicyclic) bond motifs is 1. The lowest BCUT2D eigenvalue weighted by atomic mass is 10.1. The largest absolute Gasteiger partial charge is 0.397 e. The number of anilines is 1. The molecule has 0 aliphatic rings. The van der Waals surface area contributed by atoms with Crippen molar-refractivity contribution in [1.29, 1.82) is 0 Å². The van der Waals surface area contributed by atoms with Crippen LogP contribution in [0.5, 0.6) is 0 Å². The zero-order chi connectivity index (χ0) is 14.9. The third-order valence-corrected chi connectivity index (χ3v) is 4.96. The highest BCUT2D eigenvalue weighted by Gasteiger charge is 2.16. The van der Waals surface area contributed by atoms with E-state index >= 15 is 0 Å². The standard InChI is InChI=1S/C13H16N2O3S2/c1-8-3-4-9-10(7-8)19-12(11(9)14)13(16)15-5-6-20(2,17)18/h3-4,7H,5-6,14H2,1-2H3,(H,15,16). The smallest absolute Gasteiger partial charge is 0.263 e. The number of carbonyl (C=O) groups excluding carboxylic acids is 1. The van der Waals surface area contributed by atoms with Crippen LogP contribution in [0.25, 0.3) is 10.1 Å².